The Hall–Kier alpha value is -5.00. The molecular formula is C45H55FN8O6S2. The number of anilines is 2. The van der Waals surface area contributed by atoms with Crippen molar-refractivity contribution in [2.45, 2.75) is 95.5 Å². The lowest BCUT2D eigenvalue weighted by atomic mass is 9.85. The van der Waals surface area contributed by atoms with Gasteiger partial charge in [-0.05, 0) is 119 Å². The van der Waals surface area contributed by atoms with Crippen LogP contribution in [0, 0.1) is 17.7 Å². The van der Waals surface area contributed by atoms with E-state index in [2.05, 4.69) is 29.8 Å². The molecule has 4 N–H and O–H groups in total. The largest absolute Gasteiger partial charge is 0.490 e. The Morgan fingerprint density at radius 1 is 0.968 bits per heavy atom. The second-order valence-electron chi connectivity index (χ2n) is 17.1. The smallest absolute Gasteiger partial charge is 0.234 e. The van der Waals surface area contributed by atoms with Gasteiger partial charge in [0, 0.05) is 49.7 Å². The number of carbonyl (C=O) groups is 3. The molecule has 330 valence electrons. The minimum Gasteiger partial charge on any atom is -0.490 e. The van der Waals surface area contributed by atoms with Crippen LogP contribution in [0.2, 0.25) is 0 Å². The Balaban J connectivity index is 0.819. The van der Waals surface area contributed by atoms with E-state index in [1.807, 2.05) is 24.3 Å². The third kappa shape index (κ3) is 10.3. The first-order valence-corrected chi connectivity index (χ1v) is 24.4. The molecule has 0 bridgehead atoms. The highest BCUT2D eigenvalue weighted by Crippen LogP contribution is 2.43. The van der Waals surface area contributed by atoms with Crippen molar-refractivity contribution in [1.29, 1.82) is 0 Å². The fraction of sp³-hybridized carbons (Fsp3) is 0.511. The lowest BCUT2D eigenvalue weighted by Crippen LogP contribution is -2.45. The maximum Gasteiger partial charge on any atom is 0.234 e. The number of sulfonamides is 1. The summed E-state index contributed by atoms with van der Waals surface area (Å²) in [6.45, 7) is 6.11. The molecule has 62 heavy (non-hydrogen) atoms. The number of benzene rings is 2. The van der Waals surface area contributed by atoms with E-state index < -0.39 is 15.8 Å². The third-order valence-electron chi connectivity index (χ3n) is 12.7. The van der Waals surface area contributed by atoms with Crippen LogP contribution in [-0.2, 0) is 24.4 Å². The van der Waals surface area contributed by atoms with Crippen molar-refractivity contribution >= 4 is 50.7 Å². The zero-order valence-electron chi connectivity index (χ0n) is 35.1. The lowest BCUT2D eigenvalue weighted by Gasteiger charge is -2.39. The minimum absolute atomic E-state index is 0.0119. The zero-order valence-corrected chi connectivity index (χ0v) is 36.7. The van der Waals surface area contributed by atoms with Gasteiger partial charge in [-0.15, -0.1) is 11.3 Å². The van der Waals surface area contributed by atoms with E-state index in [4.69, 9.17) is 15.5 Å². The van der Waals surface area contributed by atoms with Crippen LogP contribution in [0.3, 0.4) is 0 Å². The molecule has 3 aliphatic heterocycles. The van der Waals surface area contributed by atoms with E-state index in [0.717, 1.165) is 100 Å². The molecule has 1 aliphatic carbocycles. The number of hydrogen-bond donors (Lipinski definition) is 3. The summed E-state index contributed by atoms with van der Waals surface area (Å²) < 4.78 is 49.9. The van der Waals surface area contributed by atoms with Gasteiger partial charge >= 0.3 is 0 Å². The molecule has 3 saturated heterocycles. The van der Waals surface area contributed by atoms with Crippen molar-refractivity contribution in [2.75, 3.05) is 48.9 Å². The van der Waals surface area contributed by atoms with Crippen LogP contribution >= 0.6 is 11.3 Å². The molecule has 1 atom stereocenters. The molecule has 4 fully saturated rings. The number of nitrogens with two attached hydrogens (primary N) is 1. The van der Waals surface area contributed by atoms with Crippen LogP contribution < -0.4 is 20.5 Å². The number of aromatic nitrogens is 3. The minimum atomic E-state index is -3.71. The lowest BCUT2D eigenvalue weighted by molar-refractivity contribution is -0.138. The van der Waals surface area contributed by atoms with Gasteiger partial charge in [0.05, 0.1) is 44.7 Å². The summed E-state index contributed by atoms with van der Waals surface area (Å²) in [7, 11) is -3.71. The first-order valence-electron chi connectivity index (χ1n) is 21.9. The average molecular weight is 887 g/mol. The summed E-state index contributed by atoms with van der Waals surface area (Å²) in [5, 5.41) is 3.32. The fourth-order valence-corrected chi connectivity index (χ4v) is 11.8. The van der Waals surface area contributed by atoms with Gasteiger partial charge in [0.15, 0.2) is 5.82 Å². The molecule has 0 radical (unpaired) electrons. The first kappa shape index (κ1) is 43.6. The van der Waals surface area contributed by atoms with Crippen LogP contribution in [0.1, 0.15) is 100.0 Å². The van der Waals surface area contributed by atoms with Gasteiger partial charge in [-0.3, -0.25) is 24.4 Å². The van der Waals surface area contributed by atoms with Gasteiger partial charge in [0.2, 0.25) is 33.7 Å². The topological polar surface area (TPSA) is 190 Å². The number of nitrogen functional groups attached to an aromatic ring is 1. The number of ether oxygens (including phenoxy) is 1. The maximum absolute atomic E-state index is 16.1. The van der Waals surface area contributed by atoms with E-state index in [1.165, 1.54) is 17.4 Å². The van der Waals surface area contributed by atoms with Gasteiger partial charge in [0.1, 0.15) is 5.75 Å². The highest BCUT2D eigenvalue weighted by molar-refractivity contribution is 7.92. The molecule has 8 rings (SSSR count). The number of halogens is 1. The summed E-state index contributed by atoms with van der Waals surface area (Å²) in [5.74, 6) is 0.120. The van der Waals surface area contributed by atoms with Gasteiger partial charge in [-0.1, -0.05) is 25.1 Å². The van der Waals surface area contributed by atoms with Crippen molar-refractivity contribution < 1.29 is 31.9 Å². The van der Waals surface area contributed by atoms with Crippen LogP contribution in [0.4, 0.5) is 16.0 Å². The molecule has 1 unspecified atom stereocenters. The normalized spacial score (nSPS) is 22.0. The number of nitrogens with one attached hydrogen (secondary N) is 2. The van der Waals surface area contributed by atoms with E-state index in [9.17, 15) is 22.8 Å². The Labute approximate surface area is 366 Å². The van der Waals surface area contributed by atoms with Gasteiger partial charge < -0.3 is 20.3 Å². The third-order valence-corrected chi connectivity index (χ3v) is 15.5. The summed E-state index contributed by atoms with van der Waals surface area (Å²) >= 11 is 1.47. The highest BCUT2D eigenvalue weighted by Gasteiger charge is 2.34. The molecule has 0 spiro atoms. The number of amides is 3. The van der Waals surface area contributed by atoms with Crippen LogP contribution in [-0.4, -0.2) is 95.5 Å². The summed E-state index contributed by atoms with van der Waals surface area (Å²) in [6, 6.07) is 14.0. The van der Waals surface area contributed by atoms with Gasteiger partial charge in [-0.2, -0.15) is 0 Å². The summed E-state index contributed by atoms with van der Waals surface area (Å²) in [4.78, 5) is 56.4. The fourth-order valence-electron chi connectivity index (χ4n) is 9.41. The zero-order chi connectivity index (χ0) is 43.4. The van der Waals surface area contributed by atoms with Crippen molar-refractivity contribution in [1.82, 2.24) is 30.1 Å². The van der Waals surface area contributed by atoms with Gasteiger partial charge in [0.25, 0.3) is 0 Å². The number of piperidine rings is 3. The monoisotopic (exact) mass is 886 g/mol. The van der Waals surface area contributed by atoms with Crippen LogP contribution in [0.25, 0.3) is 21.8 Å². The van der Waals surface area contributed by atoms with E-state index in [1.54, 1.807) is 31.3 Å². The molecule has 17 heteroatoms. The van der Waals surface area contributed by atoms with Crippen LogP contribution in [0.5, 0.6) is 5.75 Å². The quantitative estimate of drug-likeness (QED) is 0.121. The predicted octanol–water partition coefficient (Wildman–Crippen LogP) is 6.72. The van der Waals surface area contributed by atoms with E-state index in [-0.39, 0.29) is 64.5 Å². The summed E-state index contributed by atoms with van der Waals surface area (Å²) in [6.07, 6.45) is 9.76. The molecular weight excluding hydrogens is 832 g/mol. The Morgan fingerprint density at radius 2 is 1.73 bits per heavy atom. The van der Waals surface area contributed by atoms with Gasteiger partial charge in [-0.25, -0.2) is 27.8 Å². The Kier molecular flexibility index (Phi) is 13.5. The molecule has 1 saturated carbocycles. The number of nitrogens with zero attached hydrogens (tertiary/aromatic N) is 5. The number of hydrogen-bond acceptors (Lipinski definition) is 12. The standard InChI is InChI=1S/C45H55FN8O6S2/c1-2-25-62(58,59)52-36-8-4-7-35(39(36)46)40-41(37-15-20-48-45(47)49-37)61-43(51-40)29-18-21-53(22-19-29)27-28-16-23-54(24-17-28)44(57)30-9-11-32(12-10-30)60-33-6-3-5-31(26-33)34-13-14-38(55)50-42(34)56/h3-8,15,20,26,28-30,32,34,52H,2,9-14,16-19,21-25,27H2,1H3,(H2,47,48,49)(H,50,55,56). The molecule has 2 aromatic carbocycles. The molecule has 14 nitrogen and oxygen atoms in total. The number of likely N-dealkylation sites (tertiary alicyclic amines) is 2. The number of carbonyl (C=O) groups excluding carboxylic acids is 3. The molecule has 2 aromatic heterocycles. The molecule has 4 aliphatic rings. The van der Waals surface area contributed by atoms with Crippen molar-refractivity contribution in [3.8, 4) is 27.6 Å². The first-order chi connectivity index (χ1) is 29.9. The second-order valence-corrected chi connectivity index (χ2v) is 20.0. The molecule has 5 heterocycles. The second kappa shape index (κ2) is 19.2. The van der Waals surface area contributed by atoms with Crippen molar-refractivity contribution in [2.24, 2.45) is 11.8 Å². The van der Waals surface area contributed by atoms with E-state index in [0.29, 0.717) is 41.4 Å². The molecule has 4 aromatic rings. The molecule has 3 amide bonds. The number of imide groups is 1. The van der Waals surface area contributed by atoms with E-state index >= 15 is 4.39 Å². The Bertz CT molecular complexity index is 2370. The van der Waals surface area contributed by atoms with Crippen molar-refractivity contribution in [3.05, 3.63) is 71.1 Å². The number of rotatable bonds is 13. The summed E-state index contributed by atoms with van der Waals surface area (Å²) in [5.41, 5.74) is 7.80. The van der Waals surface area contributed by atoms with Crippen molar-refractivity contribution in [3.63, 3.8) is 0 Å². The predicted molar refractivity (Wildman–Crippen MR) is 236 cm³/mol. The number of thiazole rings is 1. The Morgan fingerprint density at radius 3 is 2.45 bits per heavy atom. The van der Waals surface area contributed by atoms with Crippen LogP contribution in [0.15, 0.2) is 54.7 Å². The highest BCUT2D eigenvalue weighted by atomic mass is 32.2. The SMILES string of the molecule is CCCS(=O)(=O)Nc1cccc(-c2nc(C3CCN(CC4CCN(C(=O)C5CCC(Oc6cccc(C7CCC(=O)NC7=O)c6)CC5)CC4)CC3)sc2-c2ccnc(N)n2)c1F. The average Bonchev–Trinajstić information content (AvgIpc) is 3.70. The maximum atomic E-state index is 16.1.